The molecule has 0 aromatic heterocycles. The Labute approximate surface area is 104 Å². The summed E-state index contributed by atoms with van der Waals surface area (Å²) in [6, 6.07) is 0. The van der Waals surface area contributed by atoms with E-state index in [1.807, 2.05) is 6.92 Å². The lowest BCUT2D eigenvalue weighted by molar-refractivity contribution is -0.148. The van der Waals surface area contributed by atoms with Gasteiger partial charge in [-0.15, -0.1) is 0 Å². The van der Waals surface area contributed by atoms with Crippen molar-refractivity contribution < 1.29 is 14.6 Å². The van der Waals surface area contributed by atoms with Crippen molar-refractivity contribution >= 4 is 5.91 Å². The van der Waals surface area contributed by atoms with Gasteiger partial charge in [0.15, 0.2) is 0 Å². The van der Waals surface area contributed by atoms with Gasteiger partial charge in [-0.25, -0.2) is 0 Å². The number of nitrogens with zero attached hydrogens (tertiary/aromatic N) is 1. The Hall–Kier alpha value is -0.610. The van der Waals surface area contributed by atoms with Crippen molar-refractivity contribution in [2.24, 2.45) is 11.8 Å². The van der Waals surface area contributed by atoms with Crippen LogP contribution in [0.25, 0.3) is 0 Å². The molecule has 1 amide bonds. The average Bonchev–Trinajstić information content (AvgIpc) is 2.35. The molecule has 0 saturated carbocycles. The minimum absolute atomic E-state index is 0.0273. The second-order valence-electron chi connectivity index (χ2n) is 4.97. The monoisotopic (exact) mass is 243 g/mol. The van der Waals surface area contributed by atoms with Crippen molar-refractivity contribution in [3.05, 3.63) is 0 Å². The quantitative estimate of drug-likeness (QED) is 0.791. The molecule has 0 aromatic carbocycles. The molecule has 1 N–H and O–H groups in total. The molecule has 1 rings (SSSR count). The predicted molar refractivity (Wildman–Crippen MR) is 66.6 cm³/mol. The van der Waals surface area contributed by atoms with E-state index in [2.05, 4.69) is 13.8 Å². The minimum atomic E-state index is -0.0322. The molecule has 0 aromatic rings. The molecule has 0 radical (unpaired) electrons. The Bertz CT molecular complexity index is 243. The van der Waals surface area contributed by atoms with Gasteiger partial charge in [0.2, 0.25) is 5.91 Å². The van der Waals surface area contributed by atoms with E-state index in [0.717, 1.165) is 19.4 Å². The zero-order valence-corrected chi connectivity index (χ0v) is 11.2. The Morgan fingerprint density at radius 2 is 2.24 bits per heavy atom. The second-order valence-corrected chi connectivity index (χ2v) is 4.97. The second kappa shape index (κ2) is 6.97. The summed E-state index contributed by atoms with van der Waals surface area (Å²) >= 11 is 0. The first-order chi connectivity index (χ1) is 8.11. The largest absolute Gasteiger partial charge is 0.395 e. The van der Waals surface area contributed by atoms with Gasteiger partial charge in [-0.05, 0) is 25.7 Å². The van der Waals surface area contributed by atoms with E-state index < -0.39 is 0 Å². The van der Waals surface area contributed by atoms with Gasteiger partial charge in [0.05, 0.1) is 18.6 Å². The van der Waals surface area contributed by atoms with Gasteiger partial charge in [-0.1, -0.05) is 13.8 Å². The van der Waals surface area contributed by atoms with Crippen LogP contribution < -0.4 is 0 Å². The zero-order valence-electron chi connectivity index (χ0n) is 11.2. The fourth-order valence-electron chi connectivity index (χ4n) is 2.50. The van der Waals surface area contributed by atoms with E-state index in [1.54, 1.807) is 4.90 Å². The van der Waals surface area contributed by atoms with E-state index in [-0.39, 0.29) is 24.5 Å². The number of rotatable bonds is 5. The van der Waals surface area contributed by atoms with Crippen molar-refractivity contribution in [2.45, 2.75) is 39.7 Å². The van der Waals surface area contributed by atoms with Crippen molar-refractivity contribution in [3.8, 4) is 0 Å². The molecule has 1 saturated heterocycles. The molecular weight excluding hydrogens is 218 g/mol. The van der Waals surface area contributed by atoms with E-state index in [1.165, 1.54) is 0 Å². The highest BCUT2D eigenvalue weighted by Gasteiger charge is 2.35. The zero-order chi connectivity index (χ0) is 12.8. The molecule has 0 aliphatic carbocycles. The lowest BCUT2D eigenvalue weighted by Crippen LogP contribution is -2.46. The fourth-order valence-corrected chi connectivity index (χ4v) is 2.50. The van der Waals surface area contributed by atoms with Crippen LogP contribution in [0.3, 0.4) is 0 Å². The topological polar surface area (TPSA) is 49.8 Å². The third kappa shape index (κ3) is 3.68. The van der Waals surface area contributed by atoms with Crippen molar-refractivity contribution in [2.75, 3.05) is 26.3 Å². The van der Waals surface area contributed by atoms with Crippen LogP contribution in [0, 0.1) is 11.8 Å². The van der Waals surface area contributed by atoms with Gasteiger partial charge in [0.25, 0.3) is 0 Å². The normalized spacial score (nSPS) is 25.0. The van der Waals surface area contributed by atoms with E-state index in [9.17, 15) is 4.79 Å². The molecule has 1 aliphatic heterocycles. The molecule has 1 heterocycles. The number of hydrogen-bond acceptors (Lipinski definition) is 3. The highest BCUT2D eigenvalue weighted by atomic mass is 16.5. The SMILES string of the molecule is CCN(CCO)C(=O)[C@H]1CCCO[C@H]1C(C)C. The first-order valence-electron chi connectivity index (χ1n) is 6.63. The van der Waals surface area contributed by atoms with Crippen LogP contribution in [0.15, 0.2) is 0 Å². The first kappa shape index (κ1) is 14.5. The van der Waals surface area contributed by atoms with Gasteiger partial charge in [-0.3, -0.25) is 4.79 Å². The number of hydrogen-bond donors (Lipinski definition) is 1. The molecule has 17 heavy (non-hydrogen) atoms. The Kier molecular flexibility index (Phi) is 5.92. The molecule has 4 heteroatoms. The number of carbonyl (C=O) groups excluding carboxylic acids is 1. The molecule has 100 valence electrons. The van der Waals surface area contributed by atoms with Gasteiger partial charge < -0.3 is 14.7 Å². The molecule has 4 nitrogen and oxygen atoms in total. The highest BCUT2D eigenvalue weighted by molar-refractivity contribution is 5.79. The van der Waals surface area contributed by atoms with E-state index in [4.69, 9.17) is 9.84 Å². The standard InChI is InChI=1S/C13H25NO3/c1-4-14(7-8-15)13(16)11-6-5-9-17-12(11)10(2)3/h10-12,15H,4-9H2,1-3H3/t11-,12-/m0/s1. The smallest absolute Gasteiger partial charge is 0.228 e. The van der Waals surface area contributed by atoms with Crippen LogP contribution in [0.1, 0.15) is 33.6 Å². The maximum Gasteiger partial charge on any atom is 0.228 e. The minimum Gasteiger partial charge on any atom is -0.395 e. The summed E-state index contributed by atoms with van der Waals surface area (Å²) in [7, 11) is 0. The molecule has 2 atom stereocenters. The van der Waals surface area contributed by atoms with Crippen molar-refractivity contribution in [1.29, 1.82) is 0 Å². The Balaban J connectivity index is 2.69. The molecule has 0 bridgehead atoms. The number of amides is 1. The van der Waals surface area contributed by atoms with Crippen LogP contribution in [-0.4, -0.2) is 48.3 Å². The summed E-state index contributed by atoms with van der Waals surface area (Å²) in [6.45, 7) is 8.01. The van der Waals surface area contributed by atoms with E-state index >= 15 is 0 Å². The molecule has 1 fully saturated rings. The third-order valence-corrected chi connectivity index (χ3v) is 3.40. The van der Waals surface area contributed by atoms with Crippen LogP contribution in [0.4, 0.5) is 0 Å². The van der Waals surface area contributed by atoms with E-state index in [0.29, 0.717) is 19.0 Å². The average molecular weight is 243 g/mol. The van der Waals surface area contributed by atoms with Gasteiger partial charge in [0.1, 0.15) is 0 Å². The molecule has 1 aliphatic rings. The Morgan fingerprint density at radius 3 is 2.76 bits per heavy atom. The van der Waals surface area contributed by atoms with Crippen LogP contribution in [-0.2, 0) is 9.53 Å². The summed E-state index contributed by atoms with van der Waals surface area (Å²) in [6.07, 6.45) is 1.89. The van der Waals surface area contributed by atoms with Crippen molar-refractivity contribution in [1.82, 2.24) is 4.90 Å². The number of ether oxygens (including phenoxy) is 1. The summed E-state index contributed by atoms with van der Waals surface area (Å²) in [5.41, 5.74) is 0. The Morgan fingerprint density at radius 1 is 1.53 bits per heavy atom. The maximum absolute atomic E-state index is 12.4. The summed E-state index contributed by atoms with van der Waals surface area (Å²) in [5.74, 6) is 0.465. The first-order valence-corrected chi connectivity index (χ1v) is 6.63. The van der Waals surface area contributed by atoms with Crippen LogP contribution >= 0.6 is 0 Å². The van der Waals surface area contributed by atoms with Crippen molar-refractivity contribution in [3.63, 3.8) is 0 Å². The van der Waals surface area contributed by atoms with Gasteiger partial charge >= 0.3 is 0 Å². The lowest BCUT2D eigenvalue weighted by Gasteiger charge is -2.36. The predicted octanol–water partition coefficient (Wildman–Crippen LogP) is 1.28. The van der Waals surface area contributed by atoms with Gasteiger partial charge in [-0.2, -0.15) is 0 Å². The van der Waals surface area contributed by atoms with Gasteiger partial charge in [0, 0.05) is 19.7 Å². The maximum atomic E-state index is 12.4. The van der Waals surface area contributed by atoms with Crippen LogP contribution in [0.5, 0.6) is 0 Å². The number of carbonyl (C=O) groups is 1. The third-order valence-electron chi connectivity index (χ3n) is 3.40. The number of likely N-dealkylation sites (N-methyl/N-ethyl adjacent to an activating group) is 1. The number of aliphatic hydroxyl groups excluding tert-OH is 1. The summed E-state index contributed by atoms with van der Waals surface area (Å²) in [5, 5.41) is 8.96. The highest BCUT2D eigenvalue weighted by Crippen LogP contribution is 2.27. The number of aliphatic hydroxyl groups is 1. The summed E-state index contributed by atoms with van der Waals surface area (Å²) < 4.78 is 5.74. The van der Waals surface area contributed by atoms with Crippen LogP contribution in [0.2, 0.25) is 0 Å². The molecular formula is C13H25NO3. The fraction of sp³-hybridized carbons (Fsp3) is 0.923. The lowest BCUT2D eigenvalue weighted by atomic mass is 9.86. The molecule has 0 spiro atoms. The summed E-state index contributed by atoms with van der Waals surface area (Å²) in [4.78, 5) is 14.1. The molecule has 0 unspecified atom stereocenters.